The molecule has 3 aromatic carbocycles. The van der Waals surface area contributed by atoms with E-state index < -0.39 is 5.97 Å². The van der Waals surface area contributed by atoms with Gasteiger partial charge in [0, 0.05) is 12.1 Å². The van der Waals surface area contributed by atoms with Crippen LogP contribution in [0.1, 0.15) is 18.1 Å². The largest absolute Gasteiger partial charge is 0.460 e. The summed E-state index contributed by atoms with van der Waals surface area (Å²) >= 11 is 0. The first-order chi connectivity index (χ1) is 15.5. The molecule has 1 aromatic heterocycles. The van der Waals surface area contributed by atoms with Crippen LogP contribution in [0, 0.1) is 5.82 Å². The van der Waals surface area contributed by atoms with E-state index in [9.17, 15) is 14.0 Å². The van der Waals surface area contributed by atoms with Gasteiger partial charge in [-0.2, -0.15) is 0 Å². The van der Waals surface area contributed by atoms with E-state index in [4.69, 9.17) is 13.9 Å². The second-order valence-electron chi connectivity index (χ2n) is 6.99. The van der Waals surface area contributed by atoms with Crippen LogP contribution in [0.3, 0.4) is 0 Å². The van der Waals surface area contributed by atoms with E-state index in [0.717, 1.165) is 12.0 Å². The summed E-state index contributed by atoms with van der Waals surface area (Å²) in [6.45, 7) is 2.06. The number of rotatable bonds is 6. The Balaban J connectivity index is 1.49. The molecule has 160 valence electrons. The Morgan fingerprint density at radius 2 is 1.72 bits per heavy atom. The highest BCUT2D eigenvalue weighted by atomic mass is 19.1. The predicted molar refractivity (Wildman–Crippen MR) is 119 cm³/mol. The molecular weight excluding hydrogens is 411 g/mol. The average Bonchev–Trinajstić information content (AvgIpc) is 2.81. The van der Waals surface area contributed by atoms with Gasteiger partial charge in [-0.15, -0.1) is 0 Å². The van der Waals surface area contributed by atoms with Crippen molar-refractivity contribution in [2.45, 2.75) is 13.3 Å². The van der Waals surface area contributed by atoms with E-state index in [-0.39, 0.29) is 28.3 Å². The molecule has 4 aromatic rings. The fourth-order valence-corrected chi connectivity index (χ4v) is 3.03. The maximum Gasteiger partial charge on any atom is 0.336 e. The summed E-state index contributed by atoms with van der Waals surface area (Å²) in [7, 11) is 0. The lowest BCUT2D eigenvalue weighted by Gasteiger charge is -2.07. The third-order valence-electron chi connectivity index (χ3n) is 4.77. The van der Waals surface area contributed by atoms with E-state index in [0.29, 0.717) is 16.7 Å². The number of fused-ring (bicyclic) bond motifs is 1. The molecule has 0 bridgehead atoms. The van der Waals surface area contributed by atoms with Crippen LogP contribution in [0.15, 0.2) is 88.3 Å². The number of hydrogen-bond donors (Lipinski definition) is 0. The van der Waals surface area contributed by atoms with Crippen LogP contribution < -0.4 is 14.9 Å². The molecule has 0 atom stereocenters. The van der Waals surface area contributed by atoms with Gasteiger partial charge >= 0.3 is 5.97 Å². The molecule has 0 spiro atoms. The first-order valence-corrected chi connectivity index (χ1v) is 9.99. The number of esters is 1. The van der Waals surface area contributed by atoms with E-state index in [1.54, 1.807) is 24.3 Å². The molecular formula is C26H19FO5. The number of carbonyl (C=O) groups is 1. The lowest BCUT2D eigenvalue weighted by atomic mass is 10.2. The molecule has 1 heterocycles. The van der Waals surface area contributed by atoms with Gasteiger partial charge in [-0.25, -0.2) is 9.18 Å². The molecule has 0 unspecified atom stereocenters. The number of benzene rings is 3. The monoisotopic (exact) mass is 430 g/mol. The number of ether oxygens (including phenoxy) is 2. The molecule has 0 amide bonds. The second kappa shape index (κ2) is 9.31. The summed E-state index contributed by atoms with van der Waals surface area (Å²) in [5.41, 5.74) is 1.75. The fraction of sp³-hybridized carbons (Fsp3) is 0.0769. The zero-order chi connectivity index (χ0) is 22.5. The van der Waals surface area contributed by atoms with Gasteiger partial charge in [0.1, 0.15) is 29.2 Å². The minimum absolute atomic E-state index is 0.0636. The molecule has 4 rings (SSSR count). The minimum atomic E-state index is -0.619. The second-order valence-corrected chi connectivity index (χ2v) is 6.99. The highest BCUT2D eigenvalue weighted by Gasteiger charge is 2.11. The van der Waals surface area contributed by atoms with Crippen LogP contribution in [0.25, 0.3) is 17.0 Å². The van der Waals surface area contributed by atoms with E-state index in [1.807, 2.05) is 12.1 Å². The van der Waals surface area contributed by atoms with Crippen molar-refractivity contribution < 1.29 is 23.1 Å². The smallest absolute Gasteiger partial charge is 0.336 e. The average molecular weight is 430 g/mol. The lowest BCUT2D eigenvalue weighted by molar-refractivity contribution is -0.128. The topological polar surface area (TPSA) is 65.7 Å². The Labute approximate surface area is 183 Å². The Hall–Kier alpha value is -4.19. The highest BCUT2D eigenvalue weighted by molar-refractivity contribution is 5.89. The maximum absolute atomic E-state index is 12.9. The molecule has 0 radical (unpaired) electrons. The van der Waals surface area contributed by atoms with E-state index in [2.05, 4.69) is 6.92 Å². The minimum Gasteiger partial charge on any atom is -0.460 e. The van der Waals surface area contributed by atoms with Crippen molar-refractivity contribution in [1.82, 2.24) is 0 Å². The molecule has 32 heavy (non-hydrogen) atoms. The van der Waals surface area contributed by atoms with Crippen molar-refractivity contribution in [3.63, 3.8) is 0 Å². The van der Waals surface area contributed by atoms with Gasteiger partial charge in [-0.05, 0) is 60.0 Å². The number of carbonyl (C=O) groups excluding carboxylic acids is 1. The molecule has 0 saturated heterocycles. The Morgan fingerprint density at radius 3 is 2.44 bits per heavy atom. The normalized spacial score (nSPS) is 11.1. The molecule has 0 fully saturated rings. The van der Waals surface area contributed by atoms with Crippen molar-refractivity contribution in [3.8, 4) is 17.2 Å². The van der Waals surface area contributed by atoms with Crippen LogP contribution in [0.4, 0.5) is 4.39 Å². The Kier molecular flexibility index (Phi) is 6.12. The van der Waals surface area contributed by atoms with Gasteiger partial charge < -0.3 is 13.9 Å². The van der Waals surface area contributed by atoms with Gasteiger partial charge in [0.2, 0.25) is 11.2 Å². The van der Waals surface area contributed by atoms with Crippen molar-refractivity contribution in [2.24, 2.45) is 0 Å². The molecule has 0 aliphatic heterocycles. The van der Waals surface area contributed by atoms with Crippen molar-refractivity contribution in [1.29, 1.82) is 0 Å². The predicted octanol–water partition coefficient (Wildman–Crippen LogP) is 5.91. The van der Waals surface area contributed by atoms with Crippen LogP contribution in [-0.4, -0.2) is 5.97 Å². The Morgan fingerprint density at radius 1 is 1.00 bits per heavy atom. The highest BCUT2D eigenvalue weighted by Crippen LogP contribution is 2.24. The van der Waals surface area contributed by atoms with Gasteiger partial charge in [0.25, 0.3) is 0 Å². The zero-order valence-electron chi connectivity index (χ0n) is 17.2. The molecule has 5 nitrogen and oxygen atoms in total. The summed E-state index contributed by atoms with van der Waals surface area (Å²) < 4.78 is 29.4. The van der Waals surface area contributed by atoms with Crippen molar-refractivity contribution >= 4 is 23.0 Å². The van der Waals surface area contributed by atoms with Crippen molar-refractivity contribution in [2.75, 3.05) is 0 Å². The lowest BCUT2D eigenvalue weighted by Crippen LogP contribution is -2.06. The summed E-state index contributed by atoms with van der Waals surface area (Å²) in [4.78, 5) is 24.8. The third-order valence-corrected chi connectivity index (χ3v) is 4.77. The fourth-order valence-electron chi connectivity index (χ4n) is 3.03. The first kappa shape index (κ1) is 21.1. The molecule has 6 heteroatoms. The summed E-state index contributed by atoms with van der Waals surface area (Å²) in [6, 6.07) is 17.6. The maximum atomic E-state index is 12.9. The molecule has 0 aliphatic rings. The summed E-state index contributed by atoms with van der Waals surface area (Å²) in [5.74, 6) is -0.156. The molecule has 0 N–H and O–H groups in total. The summed E-state index contributed by atoms with van der Waals surface area (Å²) in [5, 5.41) is 0.300. The zero-order valence-corrected chi connectivity index (χ0v) is 17.2. The number of halogens is 1. The standard InChI is InChI=1S/C26H19FO5/c1-2-17-5-10-20(11-6-17)31-24-16-30-23-15-21(12-13-22(23)26(24)29)32-25(28)14-7-18-3-8-19(27)9-4-18/h3-16H,2H2,1H3/b14-7+. The van der Waals surface area contributed by atoms with E-state index in [1.165, 1.54) is 48.7 Å². The Bertz CT molecular complexity index is 1340. The quantitative estimate of drug-likeness (QED) is 0.216. The van der Waals surface area contributed by atoms with Crippen LogP contribution in [0.5, 0.6) is 17.2 Å². The number of hydrogen-bond acceptors (Lipinski definition) is 5. The van der Waals surface area contributed by atoms with Gasteiger partial charge in [-0.3, -0.25) is 4.79 Å². The summed E-state index contributed by atoms with van der Waals surface area (Å²) in [6.07, 6.45) is 4.89. The van der Waals surface area contributed by atoms with Crippen LogP contribution in [0.2, 0.25) is 0 Å². The molecule has 0 saturated carbocycles. The van der Waals surface area contributed by atoms with Crippen LogP contribution >= 0.6 is 0 Å². The van der Waals surface area contributed by atoms with E-state index >= 15 is 0 Å². The third kappa shape index (κ3) is 4.92. The molecule has 0 aliphatic carbocycles. The van der Waals surface area contributed by atoms with Crippen LogP contribution in [-0.2, 0) is 11.2 Å². The SMILES string of the molecule is CCc1ccc(Oc2coc3cc(OC(=O)/C=C/c4ccc(F)cc4)ccc3c2=O)cc1. The van der Waals surface area contributed by atoms with Gasteiger partial charge in [0.15, 0.2) is 0 Å². The van der Waals surface area contributed by atoms with Crippen molar-refractivity contribution in [3.05, 3.63) is 106 Å². The first-order valence-electron chi connectivity index (χ1n) is 9.99. The number of aryl methyl sites for hydroxylation is 1. The van der Waals surface area contributed by atoms with Gasteiger partial charge in [-0.1, -0.05) is 31.2 Å². The van der Waals surface area contributed by atoms with Gasteiger partial charge in [0.05, 0.1) is 5.39 Å².